The molecule has 0 aliphatic carbocycles. The lowest BCUT2D eigenvalue weighted by Crippen LogP contribution is -2.59. The van der Waals surface area contributed by atoms with Crippen molar-refractivity contribution in [1.82, 2.24) is 20.6 Å². The molecule has 12 heteroatoms. The molecule has 2 aromatic heterocycles. The van der Waals surface area contributed by atoms with Gasteiger partial charge in [-0.3, -0.25) is 19.4 Å². The molecule has 0 bridgehead atoms. The zero-order chi connectivity index (χ0) is 28.7. The number of rotatable bonds is 5. The number of ether oxygens (including phenoxy) is 2. The van der Waals surface area contributed by atoms with E-state index in [1.165, 1.54) is 32.2 Å². The van der Waals surface area contributed by atoms with E-state index in [2.05, 4.69) is 20.6 Å². The zero-order valence-corrected chi connectivity index (χ0v) is 22.1. The fourth-order valence-electron chi connectivity index (χ4n) is 3.92. The molecule has 2 aromatic rings. The van der Waals surface area contributed by atoms with E-state index in [-0.39, 0.29) is 17.9 Å². The van der Waals surface area contributed by atoms with E-state index in [9.17, 15) is 29.4 Å². The minimum Gasteiger partial charge on any atom is -0.505 e. The molecule has 12 nitrogen and oxygen atoms in total. The molecule has 1 fully saturated rings. The van der Waals surface area contributed by atoms with Crippen molar-refractivity contribution < 1.29 is 38.9 Å². The van der Waals surface area contributed by atoms with E-state index in [0.717, 1.165) is 0 Å². The molecule has 208 valence electrons. The summed E-state index contributed by atoms with van der Waals surface area (Å²) in [6.45, 7) is 6.13. The van der Waals surface area contributed by atoms with Crippen molar-refractivity contribution in [1.29, 1.82) is 0 Å². The molecule has 1 aliphatic heterocycles. The molecule has 1 saturated heterocycles. The van der Waals surface area contributed by atoms with Crippen molar-refractivity contribution in [2.45, 2.75) is 64.8 Å². The first-order valence-corrected chi connectivity index (χ1v) is 12.5. The Morgan fingerprint density at radius 2 is 1.87 bits per heavy atom. The fraction of sp³-hybridized carbons (Fsp3) is 0.407. The van der Waals surface area contributed by atoms with Crippen LogP contribution in [-0.2, 0) is 30.3 Å². The first kappa shape index (κ1) is 29.2. The van der Waals surface area contributed by atoms with E-state index < -0.39 is 59.7 Å². The second kappa shape index (κ2) is 13.0. The summed E-state index contributed by atoms with van der Waals surface area (Å²) in [5.41, 5.74) is 0.733. The van der Waals surface area contributed by atoms with E-state index in [1.54, 1.807) is 38.4 Å². The van der Waals surface area contributed by atoms with Crippen molar-refractivity contribution in [3.8, 4) is 5.75 Å². The van der Waals surface area contributed by atoms with E-state index in [4.69, 9.17) is 9.47 Å². The predicted octanol–water partition coefficient (Wildman–Crippen LogP) is 1.18. The van der Waals surface area contributed by atoms with Crippen LogP contribution in [0.25, 0.3) is 0 Å². The van der Waals surface area contributed by atoms with Gasteiger partial charge in [0.2, 0.25) is 11.7 Å². The number of allylic oxidation sites excluding steroid dienone is 1. The molecule has 4 N–H and O–H groups in total. The third-order valence-electron chi connectivity index (χ3n) is 6.44. The number of cyclic esters (lactones) is 2. The predicted molar refractivity (Wildman–Crippen MR) is 137 cm³/mol. The Labute approximate surface area is 225 Å². The number of hydrogen-bond donors (Lipinski definition) is 4. The maximum Gasteiger partial charge on any atom is 0.374 e. The van der Waals surface area contributed by atoms with Gasteiger partial charge in [-0.15, -0.1) is 0 Å². The van der Waals surface area contributed by atoms with Crippen molar-refractivity contribution in [3.63, 3.8) is 0 Å². The molecule has 0 aromatic carbocycles. The van der Waals surface area contributed by atoms with E-state index in [0.29, 0.717) is 17.6 Å². The van der Waals surface area contributed by atoms with Crippen LogP contribution in [0.3, 0.4) is 0 Å². The van der Waals surface area contributed by atoms with Crippen LogP contribution in [0.5, 0.6) is 5.75 Å². The third-order valence-corrected chi connectivity index (χ3v) is 6.44. The number of nitrogens with zero attached hydrogens (tertiary/aromatic N) is 2. The summed E-state index contributed by atoms with van der Waals surface area (Å²) in [5, 5.41) is 26.3. The Hall–Kier alpha value is -4.32. The van der Waals surface area contributed by atoms with Gasteiger partial charge in [-0.05, 0) is 62.9 Å². The molecule has 0 saturated carbocycles. The van der Waals surface area contributed by atoms with Crippen molar-refractivity contribution in [2.75, 3.05) is 0 Å². The van der Waals surface area contributed by atoms with Crippen LogP contribution in [0.2, 0.25) is 0 Å². The number of aromatic nitrogens is 2. The Morgan fingerprint density at radius 1 is 1.15 bits per heavy atom. The minimum absolute atomic E-state index is 0.0882. The van der Waals surface area contributed by atoms with E-state index >= 15 is 0 Å². The van der Waals surface area contributed by atoms with Gasteiger partial charge in [-0.2, -0.15) is 0 Å². The highest BCUT2D eigenvalue weighted by molar-refractivity contribution is 5.98. The standard InChI is InChI=1S/C27H32N4O8/c1-5-14(2)23-27(37)38-16(4)20(31-25(35)21-19(32)9-7-11-29-21)24(34)30-18(12-17-8-6-10-28-13-17)22(33)15(3)26(36)39-23/h6-11,13,15-16,18,20,22,32-33H,5,12H2,1-4H3,(H,30,34)(H,31,35)/b23-14+/t15-,16-,18+,20-,22+/m0/s1. The lowest BCUT2D eigenvalue weighted by atomic mass is 9.92. The van der Waals surface area contributed by atoms with Gasteiger partial charge in [0.05, 0.1) is 18.1 Å². The summed E-state index contributed by atoms with van der Waals surface area (Å²) in [4.78, 5) is 60.3. The summed E-state index contributed by atoms with van der Waals surface area (Å²) in [6.07, 6.45) is 2.15. The number of amides is 2. The van der Waals surface area contributed by atoms with Gasteiger partial charge < -0.3 is 30.3 Å². The summed E-state index contributed by atoms with van der Waals surface area (Å²) in [5.74, 6) is -5.52. The van der Waals surface area contributed by atoms with Gasteiger partial charge >= 0.3 is 11.9 Å². The Balaban J connectivity index is 2.03. The summed E-state index contributed by atoms with van der Waals surface area (Å²) < 4.78 is 10.9. The second-order valence-corrected chi connectivity index (χ2v) is 9.28. The first-order valence-electron chi connectivity index (χ1n) is 12.5. The Bertz CT molecular complexity index is 1250. The average molecular weight is 541 g/mol. The number of aliphatic hydroxyl groups excluding tert-OH is 1. The highest BCUT2D eigenvalue weighted by Gasteiger charge is 2.39. The molecule has 0 spiro atoms. The quantitative estimate of drug-likeness (QED) is 0.318. The Kier molecular flexibility index (Phi) is 9.72. The molecule has 2 amide bonds. The zero-order valence-electron chi connectivity index (χ0n) is 22.1. The number of aromatic hydroxyl groups is 1. The summed E-state index contributed by atoms with van der Waals surface area (Å²) in [7, 11) is 0. The maximum absolute atomic E-state index is 13.6. The van der Waals surface area contributed by atoms with Crippen LogP contribution < -0.4 is 10.6 Å². The van der Waals surface area contributed by atoms with Crippen LogP contribution in [0.15, 0.2) is 54.2 Å². The number of carbonyl (C=O) groups excluding carboxylic acids is 4. The number of pyridine rings is 2. The second-order valence-electron chi connectivity index (χ2n) is 9.28. The fourth-order valence-corrected chi connectivity index (χ4v) is 3.92. The minimum atomic E-state index is -1.47. The van der Waals surface area contributed by atoms with Crippen LogP contribution >= 0.6 is 0 Å². The number of nitrogens with one attached hydrogen (secondary N) is 2. The summed E-state index contributed by atoms with van der Waals surface area (Å²) in [6, 6.07) is 3.62. The normalized spacial score (nSPS) is 25.8. The molecule has 1 aliphatic rings. The smallest absolute Gasteiger partial charge is 0.374 e. The lowest BCUT2D eigenvalue weighted by Gasteiger charge is -2.32. The SMILES string of the molecule is CC/C(C)=C1/OC(=O)[C@@H](C)[C@@H](O)[C@@H](Cc2cccnc2)NC(=O)[C@@H](NC(=O)c2ncccc2O)[C@H](C)OC1=O. The molecule has 5 atom stereocenters. The number of hydrogen-bond acceptors (Lipinski definition) is 10. The topological polar surface area (TPSA) is 177 Å². The number of carbonyl (C=O) groups is 4. The van der Waals surface area contributed by atoms with Gasteiger partial charge in [0.1, 0.15) is 17.9 Å². The number of aliphatic hydroxyl groups is 1. The van der Waals surface area contributed by atoms with Gasteiger partial charge in [-0.1, -0.05) is 13.0 Å². The van der Waals surface area contributed by atoms with E-state index in [1.807, 2.05) is 0 Å². The van der Waals surface area contributed by atoms with Crippen LogP contribution in [0.4, 0.5) is 0 Å². The number of esters is 2. The molecule has 0 unspecified atom stereocenters. The maximum atomic E-state index is 13.6. The molecular weight excluding hydrogens is 508 g/mol. The van der Waals surface area contributed by atoms with Gasteiger partial charge in [0.15, 0.2) is 5.69 Å². The average Bonchev–Trinajstić information content (AvgIpc) is 2.92. The van der Waals surface area contributed by atoms with Crippen molar-refractivity contribution >= 4 is 23.8 Å². The van der Waals surface area contributed by atoms with Crippen LogP contribution in [0.1, 0.15) is 50.2 Å². The van der Waals surface area contributed by atoms with Gasteiger partial charge in [0.25, 0.3) is 5.91 Å². The largest absolute Gasteiger partial charge is 0.505 e. The van der Waals surface area contributed by atoms with Crippen molar-refractivity contribution in [2.24, 2.45) is 5.92 Å². The first-order chi connectivity index (χ1) is 18.5. The molecule has 39 heavy (non-hydrogen) atoms. The molecule has 0 radical (unpaired) electrons. The van der Waals surface area contributed by atoms with Crippen molar-refractivity contribution in [3.05, 3.63) is 65.4 Å². The van der Waals surface area contributed by atoms with Gasteiger partial charge in [0, 0.05) is 18.6 Å². The Morgan fingerprint density at radius 3 is 2.51 bits per heavy atom. The highest BCUT2D eigenvalue weighted by Crippen LogP contribution is 2.21. The van der Waals surface area contributed by atoms with Crippen LogP contribution in [-0.4, -0.2) is 68.2 Å². The third kappa shape index (κ3) is 7.17. The summed E-state index contributed by atoms with van der Waals surface area (Å²) >= 11 is 0. The highest BCUT2D eigenvalue weighted by atomic mass is 16.6. The molecular formula is C27H32N4O8. The molecule has 3 rings (SSSR count). The monoisotopic (exact) mass is 540 g/mol. The van der Waals surface area contributed by atoms with Gasteiger partial charge in [-0.25, -0.2) is 9.78 Å². The molecule has 3 heterocycles. The van der Waals surface area contributed by atoms with Crippen LogP contribution in [0, 0.1) is 5.92 Å². The lowest BCUT2D eigenvalue weighted by molar-refractivity contribution is -0.161.